The fourth-order valence-electron chi connectivity index (χ4n) is 13.4. The Balaban J connectivity index is 1.12. The molecule has 13 aromatic rings. The van der Waals surface area contributed by atoms with Crippen molar-refractivity contribution in [1.29, 1.82) is 0 Å². The molecule has 0 aliphatic heterocycles. The molecule has 0 unspecified atom stereocenters. The van der Waals surface area contributed by atoms with Gasteiger partial charge in [0.25, 0.3) is 0 Å². The van der Waals surface area contributed by atoms with E-state index in [-0.39, 0.29) is 5.41 Å². The van der Waals surface area contributed by atoms with Crippen LogP contribution in [0, 0.1) is 0 Å². The summed E-state index contributed by atoms with van der Waals surface area (Å²) >= 11 is 0. The first kappa shape index (κ1) is 40.9. The molecule has 0 radical (unpaired) electrons. The van der Waals surface area contributed by atoms with Gasteiger partial charge in [0, 0.05) is 32.9 Å². The predicted molar refractivity (Wildman–Crippen MR) is 303 cm³/mol. The smallest absolute Gasteiger partial charge is 0.0788 e. The van der Waals surface area contributed by atoms with Crippen LogP contribution in [0.3, 0.4) is 0 Å². The number of hydrogen-bond acceptors (Lipinski definition) is 1. The molecule has 2 aliphatic rings. The molecule has 1 heterocycles. The van der Waals surface area contributed by atoms with E-state index in [1.807, 2.05) is 0 Å². The van der Waals surface area contributed by atoms with E-state index in [0.717, 1.165) is 22.7 Å². The van der Waals surface area contributed by atoms with E-state index in [0.29, 0.717) is 0 Å². The molecule has 0 atom stereocenters. The van der Waals surface area contributed by atoms with E-state index in [2.05, 4.69) is 278 Å². The third-order valence-corrected chi connectivity index (χ3v) is 16.4. The number of benzene rings is 12. The van der Waals surface area contributed by atoms with Crippen molar-refractivity contribution in [3.63, 3.8) is 0 Å². The summed E-state index contributed by atoms with van der Waals surface area (Å²) in [5.74, 6) is 0. The molecule has 0 amide bonds. The zero-order chi connectivity index (χ0) is 47.7. The van der Waals surface area contributed by atoms with Crippen LogP contribution in [0.5, 0.6) is 0 Å². The van der Waals surface area contributed by atoms with Gasteiger partial charge in [-0.15, -0.1) is 0 Å². The molecule has 0 spiro atoms. The Morgan fingerprint density at radius 1 is 0.319 bits per heavy atom. The van der Waals surface area contributed by atoms with E-state index in [9.17, 15) is 0 Å². The summed E-state index contributed by atoms with van der Waals surface area (Å²) in [6, 6.07) is 95.8. The number of fused-ring (bicyclic) bond motifs is 15. The SMILES string of the molecule is CC1(C)c2ccccc2-c2cc(N(c3ccc4c(c3)C(c3ccccc3)(c3ccccc3)c3ccccc3-4)c3ccc4c5ccccc5c5ccccc5c4c3-n3c4ccccc4c4ccccc43)ccc21. The second-order valence-electron chi connectivity index (χ2n) is 20.3. The maximum atomic E-state index is 2.58. The van der Waals surface area contributed by atoms with E-state index in [4.69, 9.17) is 0 Å². The van der Waals surface area contributed by atoms with Gasteiger partial charge in [-0.2, -0.15) is 0 Å². The van der Waals surface area contributed by atoms with Crippen LogP contribution >= 0.6 is 0 Å². The number of rotatable bonds is 6. The van der Waals surface area contributed by atoms with Gasteiger partial charge in [-0.1, -0.05) is 226 Å². The number of para-hydroxylation sites is 2. The summed E-state index contributed by atoms with van der Waals surface area (Å²) in [5, 5.41) is 9.89. The zero-order valence-corrected chi connectivity index (χ0v) is 40.1. The molecule has 15 rings (SSSR count). The molecular formula is C70H48N2. The normalized spacial score (nSPS) is 13.9. The second-order valence-corrected chi connectivity index (χ2v) is 20.3. The van der Waals surface area contributed by atoms with Crippen LogP contribution in [0.4, 0.5) is 17.1 Å². The highest BCUT2D eigenvalue weighted by atomic mass is 15.2. The van der Waals surface area contributed by atoms with Gasteiger partial charge < -0.3 is 9.47 Å². The van der Waals surface area contributed by atoms with Gasteiger partial charge in [-0.25, -0.2) is 0 Å². The number of hydrogen-bond donors (Lipinski definition) is 0. The van der Waals surface area contributed by atoms with Crippen molar-refractivity contribution in [2.75, 3.05) is 4.90 Å². The van der Waals surface area contributed by atoms with Crippen LogP contribution in [0.2, 0.25) is 0 Å². The minimum atomic E-state index is -0.578. The van der Waals surface area contributed by atoms with Crippen molar-refractivity contribution in [2.24, 2.45) is 0 Å². The molecule has 1 aromatic heterocycles. The Morgan fingerprint density at radius 2 is 0.764 bits per heavy atom. The maximum Gasteiger partial charge on any atom is 0.0788 e. The average molecular weight is 917 g/mol. The van der Waals surface area contributed by atoms with Crippen molar-refractivity contribution < 1.29 is 0 Å². The van der Waals surface area contributed by atoms with Crippen molar-refractivity contribution in [3.8, 4) is 27.9 Å². The molecule has 0 saturated carbocycles. The second kappa shape index (κ2) is 15.3. The van der Waals surface area contributed by atoms with Crippen molar-refractivity contribution in [2.45, 2.75) is 24.7 Å². The average Bonchev–Trinajstić information content (AvgIpc) is 4.02. The molecule has 338 valence electrons. The lowest BCUT2D eigenvalue weighted by atomic mass is 9.67. The first-order valence-corrected chi connectivity index (χ1v) is 25.3. The highest BCUT2D eigenvalue weighted by molar-refractivity contribution is 6.29. The summed E-state index contributed by atoms with van der Waals surface area (Å²) in [4.78, 5) is 2.58. The molecule has 2 heteroatoms. The van der Waals surface area contributed by atoms with Crippen LogP contribution in [0.15, 0.2) is 255 Å². The summed E-state index contributed by atoms with van der Waals surface area (Å²) in [6.07, 6.45) is 0. The van der Waals surface area contributed by atoms with Crippen molar-refractivity contribution >= 4 is 71.2 Å². The Bertz CT molecular complexity index is 4240. The number of aromatic nitrogens is 1. The molecule has 2 nitrogen and oxygen atoms in total. The zero-order valence-electron chi connectivity index (χ0n) is 40.1. The lowest BCUT2D eigenvalue weighted by Gasteiger charge is -2.35. The Labute approximate surface area is 419 Å². The topological polar surface area (TPSA) is 8.17 Å². The highest BCUT2D eigenvalue weighted by Gasteiger charge is 2.46. The Morgan fingerprint density at radius 3 is 1.40 bits per heavy atom. The summed E-state index contributed by atoms with van der Waals surface area (Å²) in [7, 11) is 0. The molecule has 12 aromatic carbocycles. The third-order valence-electron chi connectivity index (χ3n) is 16.4. The first-order chi connectivity index (χ1) is 35.5. The van der Waals surface area contributed by atoms with Gasteiger partial charge in [-0.05, 0) is 125 Å². The van der Waals surface area contributed by atoms with Crippen LogP contribution in [-0.4, -0.2) is 4.57 Å². The standard InChI is InChI=1S/C70H48N2/c1-69(2)60-33-17-13-29-53(60)59-43-47(38-41-61(59)69)71(48-37-39-54-52-28-14-18-34-62(52)70(63(54)44-48,45-21-5-3-6-22-45)46-23-7-4-8-24-46)66-42-40-58-51-27-10-9-25-49(51)50-26-11-12-32-57(50)67(58)68(66)72-64-35-19-15-30-55(64)56-31-16-20-36-65(56)72/h3-44H,1-2H3. The van der Waals surface area contributed by atoms with Crippen LogP contribution in [0.1, 0.15) is 47.2 Å². The lowest BCUT2D eigenvalue weighted by molar-refractivity contribution is 0.660. The van der Waals surface area contributed by atoms with Gasteiger partial charge in [0.1, 0.15) is 0 Å². The minimum Gasteiger partial charge on any atom is -0.308 e. The quantitative estimate of drug-likeness (QED) is 0.151. The van der Waals surface area contributed by atoms with Gasteiger partial charge in [0.05, 0.1) is 27.8 Å². The van der Waals surface area contributed by atoms with Gasteiger partial charge >= 0.3 is 0 Å². The minimum absolute atomic E-state index is 0.142. The highest BCUT2D eigenvalue weighted by Crippen LogP contribution is 2.59. The van der Waals surface area contributed by atoms with Crippen molar-refractivity contribution in [1.82, 2.24) is 4.57 Å². The van der Waals surface area contributed by atoms with Crippen molar-refractivity contribution in [3.05, 3.63) is 288 Å². The van der Waals surface area contributed by atoms with E-state index in [1.165, 1.54) is 110 Å². The summed E-state index contributed by atoms with van der Waals surface area (Å²) in [5.41, 5.74) is 19.0. The monoisotopic (exact) mass is 916 g/mol. The van der Waals surface area contributed by atoms with Gasteiger partial charge in [0.2, 0.25) is 0 Å². The van der Waals surface area contributed by atoms with Gasteiger partial charge in [0.15, 0.2) is 0 Å². The summed E-state index contributed by atoms with van der Waals surface area (Å²) in [6.45, 7) is 4.75. The predicted octanol–water partition coefficient (Wildman–Crippen LogP) is 18.4. The largest absolute Gasteiger partial charge is 0.308 e. The molecule has 0 fully saturated rings. The van der Waals surface area contributed by atoms with E-state index >= 15 is 0 Å². The number of nitrogens with zero attached hydrogens (tertiary/aromatic N) is 2. The van der Waals surface area contributed by atoms with Gasteiger partial charge in [-0.3, -0.25) is 0 Å². The molecular weight excluding hydrogens is 869 g/mol. The van der Waals surface area contributed by atoms with Crippen LogP contribution in [0.25, 0.3) is 82.1 Å². The fourth-order valence-corrected chi connectivity index (χ4v) is 13.4. The lowest BCUT2D eigenvalue weighted by Crippen LogP contribution is -2.28. The van der Waals surface area contributed by atoms with Crippen LogP contribution in [-0.2, 0) is 10.8 Å². The molecule has 0 N–H and O–H groups in total. The van der Waals surface area contributed by atoms with E-state index in [1.54, 1.807) is 0 Å². The fraction of sp³-hybridized carbons (Fsp3) is 0.0571. The van der Waals surface area contributed by atoms with Crippen LogP contribution < -0.4 is 4.90 Å². The molecule has 72 heavy (non-hydrogen) atoms. The number of anilines is 3. The molecule has 0 saturated heterocycles. The third kappa shape index (κ3) is 5.49. The molecule has 2 aliphatic carbocycles. The van der Waals surface area contributed by atoms with E-state index < -0.39 is 5.41 Å². The first-order valence-electron chi connectivity index (χ1n) is 25.3. The Kier molecular flexibility index (Phi) is 8.66. The summed E-state index contributed by atoms with van der Waals surface area (Å²) < 4.78 is 2.57. The Hall–Kier alpha value is -8.98. The molecule has 0 bridgehead atoms. The maximum absolute atomic E-state index is 2.58.